The van der Waals surface area contributed by atoms with Crippen LogP contribution in [0.25, 0.3) is 0 Å². The minimum atomic E-state index is 0. The molecule has 1 N–H and O–H groups in total. The average Bonchev–Trinajstić information content (AvgIpc) is 2.42. The maximum atomic E-state index is 9.68. The van der Waals surface area contributed by atoms with E-state index in [0.717, 1.165) is 12.3 Å². The first-order valence-corrected chi connectivity index (χ1v) is 8.11. The number of nitrogens with zero attached hydrogens (tertiary/aromatic N) is 1. The number of phenols is 1. The lowest BCUT2D eigenvalue weighted by Crippen LogP contribution is -2.37. The Balaban J connectivity index is 0.00000220. The summed E-state index contributed by atoms with van der Waals surface area (Å²) < 4.78 is 0. The van der Waals surface area contributed by atoms with Crippen LogP contribution in [0.1, 0.15) is 51.5 Å². The monoisotopic (exact) mass is 311 g/mol. The molecule has 0 amide bonds. The Morgan fingerprint density at radius 1 is 1.29 bits per heavy atom. The lowest BCUT2D eigenvalue weighted by molar-refractivity contribution is 0.161. The van der Waals surface area contributed by atoms with Crippen LogP contribution in [-0.2, 0) is 0 Å². The maximum Gasteiger partial charge on any atom is 0.115 e. The molecule has 0 radical (unpaired) electrons. The van der Waals surface area contributed by atoms with Gasteiger partial charge in [0.2, 0.25) is 0 Å². The van der Waals surface area contributed by atoms with Crippen molar-refractivity contribution in [2.75, 3.05) is 19.6 Å². The molecule has 0 unspecified atom stereocenters. The number of phenolic OH excluding ortho intramolecular Hbond substituents is 1. The topological polar surface area (TPSA) is 23.5 Å². The van der Waals surface area contributed by atoms with Crippen molar-refractivity contribution in [2.24, 2.45) is 11.8 Å². The molecule has 2 atom stereocenters. The van der Waals surface area contributed by atoms with E-state index < -0.39 is 0 Å². The third-order valence-electron chi connectivity index (χ3n) is 4.85. The highest BCUT2D eigenvalue weighted by Crippen LogP contribution is 2.31. The largest absolute Gasteiger partial charge is 0.508 e. The summed E-state index contributed by atoms with van der Waals surface area (Å²) in [5.74, 6) is 2.46. The van der Waals surface area contributed by atoms with Crippen molar-refractivity contribution >= 4 is 12.4 Å². The molecule has 1 aliphatic heterocycles. The molecule has 1 saturated heterocycles. The van der Waals surface area contributed by atoms with E-state index in [-0.39, 0.29) is 12.4 Å². The second kappa shape index (κ2) is 8.65. The van der Waals surface area contributed by atoms with E-state index in [0.29, 0.717) is 17.6 Å². The zero-order valence-electron chi connectivity index (χ0n) is 13.6. The van der Waals surface area contributed by atoms with Crippen LogP contribution in [0.15, 0.2) is 24.3 Å². The number of halogens is 1. The zero-order valence-corrected chi connectivity index (χ0v) is 14.4. The fourth-order valence-corrected chi connectivity index (χ4v) is 3.50. The Morgan fingerprint density at radius 3 is 2.52 bits per heavy atom. The Bertz CT molecular complexity index is 415. The van der Waals surface area contributed by atoms with Crippen molar-refractivity contribution in [1.29, 1.82) is 0 Å². The van der Waals surface area contributed by atoms with Crippen LogP contribution in [0.2, 0.25) is 0 Å². The van der Waals surface area contributed by atoms with Crippen molar-refractivity contribution in [3.05, 3.63) is 29.8 Å². The third kappa shape index (κ3) is 5.19. The second-order valence-electron chi connectivity index (χ2n) is 6.57. The summed E-state index contributed by atoms with van der Waals surface area (Å²) in [6.45, 7) is 10.7. The summed E-state index contributed by atoms with van der Waals surface area (Å²) in [7, 11) is 0. The summed E-state index contributed by atoms with van der Waals surface area (Å²) in [6, 6.07) is 7.81. The molecule has 1 heterocycles. The van der Waals surface area contributed by atoms with Crippen molar-refractivity contribution in [1.82, 2.24) is 4.90 Å². The highest BCUT2D eigenvalue weighted by Gasteiger charge is 2.23. The third-order valence-corrected chi connectivity index (χ3v) is 4.85. The van der Waals surface area contributed by atoms with Crippen LogP contribution in [0, 0.1) is 11.8 Å². The Labute approximate surface area is 136 Å². The van der Waals surface area contributed by atoms with Gasteiger partial charge in [0.1, 0.15) is 5.75 Å². The molecule has 1 fully saturated rings. The molecule has 1 aromatic rings. The molecule has 0 bridgehead atoms. The smallest absolute Gasteiger partial charge is 0.115 e. The van der Waals surface area contributed by atoms with Crippen molar-refractivity contribution in [3.8, 4) is 5.75 Å². The summed E-state index contributed by atoms with van der Waals surface area (Å²) in [6.07, 6.45) is 3.82. The quantitative estimate of drug-likeness (QED) is 0.853. The van der Waals surface area contributed by atoms with Gasteiger partial charge >= 0.3 is 0 Å². The van der Waals surface area contributed by atoms with E-state index in [2.05, 4.69) is 31.7 Å². The van der Waals surface area contributed by atoms with Gasteiger partial charge in [0, 0.05) is 6.54 Å². The second-order valence-corrected chi connectivity index (χ2v) is 6.57. The van der Waals surface area contributed by atoms with Crippen molar-refractivity contribution < 1.29 is 5.11 Å². The van der Waals surface area contributed by atoms with Gasteiger partial charge < -0.3 is 10.0 Å². The predicted octanol–water partition coefficient (Wildman–Crippen LogP) is 4.68. The Kier molecular flexibility index (Phi) is 7.55. The van der Waals surface area contributed by atoms with E-state index in [1.165, 1.54) is 38.0 Å². The number of benzene rings is 1. The first kappa shape index (κ1) is 18.3. The first-order chi connectivity index (χ1) is 9.60. The van der Waals surface area contributed by atoms with Gasteiger partial charge in [-0.15, -0.1) is 12.4 Å². The summed E-state index contributed by atoms with van der Waals surface area (Å²) in [4.78, 5) is 2.62. The summed E-state index contributed by atoms with van der Waals surface area (Å²) in [5, 5.41) is 9.68. The number of rotatable bonds is 5. The van der Waals surface area contributed by atoms with Gasteiger partial charge in [0.05, 0.1) is 0 Å². The first-order valence-electron chi connectivity index (χ1n) is 8.11. The van der Waals surface area contributed by atoms with Crippen molar-refractivity contribution in [3.63, 3.8) is 0 Å². The summed E-state index contributed by atoms with van der Waals surface area (Å²) >= 11 is 0. The van der Waals surface area contributed by atoms with E-state index in [4.69, 9.17) is 0 Å². The van der Waals surface area contributed by atoms with Crippen LogP contribution in [-0.4, -0.2) is 29.6 Å². The SMILES string of the molecule is CC[C@@H](c1cccc(O)c1)[C@@H](C)CN1CCC(C)CC1.Cl. The fraction of sp³-hybridized carbons (Fsp3) is 0.667. The van der Waals surface area contributed by atoms with Gasteiger partial charge in [0.15, 0.2) is 0 Å². The van der Waals surface area contributed by atoms with E-state index in [1.54, 1.807) is 6.07 Å². The van der Waals surface area contributed by atoms with Gasteiger partial charge in [-0.1, -0.05) is 32.9 Å². The lowest BCUT2D eigenvalue weighted by Gasteiger charge is -2.34. The Hall–Kier alpha value is -0.730. The van der Waals surface area contributed by atoms with E-state index in [1.807, 2.05) is 12.1 Å². The minimum Gasteiger partial charge on any atom is -0.508 e. The molecule has 0 saturated carbocycles. The molecule has 0 aliphatic carbocycles. The standard InChI is InChI=1S/C18H29NO.ClH/c1-4-18(16-6-5-7-17(20)12-16)15(3)13-19-10-8-14(2)9-11-19;/h5-7,12,14-15,18,20H,4,8-11,13H2,1-3H3;1H/t15-,18+;/m0./s1. The van der Waals surface area contributed by atoms with Crippen LogP contribution in [0.5, 0.6) is 5.75 Å². The van der Waals surface area contributed by atoms with Gasteiger partial charge in [-0.3, -0.25) is 0 Å². The lowest BCUT2D eigenvalue weighted by atomic mass is 9.84. The minimum absolute atomic E-state index is 0. The highest BCUT2D eigenvalue weighted by atomic mass is 35.5. The number of likely N-dealkylation sites (tertiary alicyclic amines) is 1. The zero-order chi connectivity index (χ0) is 14.5. The van der Waals surface area contributed by atoms with Crippen molar-refractivity contribution in [2.45, 2.75) is 46.0 Å². The van der Waals surface area contributed by atoms with Gasteiger partial charge in [-0.2, -0.15) is 0 Å². The number of hydrogen-bond donors (Lipinski definition) is 1. The average molecular weight is 312 g/mol. The van der Waals surface area contributed by atoms with Crippen LogP contribution in [0.4, 0.5) is 0 Å². The van der Waals surface area contributed by atoms with E-state index in [9.17, 15) is 5.11 Å². The molecular formula is C18H30ClNO. The molecule has 120 valence electrons. The molecule has 1 aromatic carbocycles. The molecule has 2 nitrogen and oxygen atoms in total. The predicted molar refractivity (Wildman–Crippen MR) is 92.4 cm³/mol. The maximum absolute atomic E-state index is 9.68. The van der Waals surface area contributed by atoms with Crippen LogP contribution >= 0.6 is 12.4 Å². The van der Waals surface area contributed by atoms with Gasteiger partial charge in [-0.25, -0.2) is 0 Å². The molecule has 2 rings (SSSR count). The molecule has 0 aromatic heterocycles. The molecular weight excluding hydrogens is 282 g/mol. The van der Waals surface area contributed by atoms with Crippen LogP contribution < -0.4 is 0 Å². The molecule has 1 aliphatic rings. The highest BCUT2D eigenvalue weighted by molar-refractivity contribution is 5.85. The molecule has 0 spiro atoms. The molecule has 3 heteroatoms. The Morgan fingerprint density at radius 2 is 1.95 bits per heavy atom. The van der Waals surface area contributed by atoms with Gasteiger partial charge in [0.25, 0.3) is 0 Å². The number of piperidine rings is 1. The summed E-state index contributed by atoms with van der Waals surface area (Å²) in [5.41, 5.74) is 1.28. The normalized spacial score (nSPS) is 19.8. The van der Waals surface area contributed by atoms with Crippen LogP contribution in [0.3, 0.4) is 0 Å². The molecule has 21 heavy (non-hydrogen) atoms. The fourth-order valence-electron chi connectivity index (χ4n) is 3.50. The number of aromatic hydroxyl groups is 1. The van der Waals surface area contributed by atoms with Gasteiger partial charge in [-0.05, 0) is 67.8 Å². The van der Waals surface area contributed by atoms with E-state index >= 15 is 0 Å². The number of hydrogen-bond acceptors (Lipinski definition) is 2.